The number of fused-ring (bicyclic) bond motifs is 1. The molecule has 0 amide bonds. The highest BCUT2D eigenvalue weighted by Crippen LogP contribution is 2.34. The average Bonchev–Trinajstić information content (AvgIpc) is 2.67. The van der Waals surface area contributed by atoms with E-state index in [9.17, 15) is 10.2 Å². The van der Waals surface area contributed by atoms with E-state index in [4.69, 9.17) is 0 Å². The van der Waals surface area contributed by atoms with Crippen molar-refractivity contribution in [1.82, 2.24) is 4.98 Å². The molecule has 0 saturated carbocycles. The van der Waals surface area contributed by atoms with Crippen LogP contribution in [0, 0.1) is 0 Å². The van der Waals surface area contributed by atoms with Crippen molar-refractivity contribution < 1.29 is 10.2 Å². The first kappa shape index (κ1) is 12.6. The maximum atomic E-state index is 9.51. The molecule has 0 saturated heterocycles. The largest absolute Gasteiger partial charge is 0.395 e. The Labute approximate surface area is 109 Å². The molecule has 1 aromatic heterocycles. The molecule has 0 aliphatic rings. The van der Waals surface area contributed by atoms with Gasteiger partial charge in [-0.05, 0) is 23.8 Å². The van der Waals surface area contributed by atoms with Crippen molar-refractivity contribution in [2.75, 3.05) is 6.61 Å². The molecule has 4 heteroatoms. The van der Waals surface area contributed by atoms with Crippen LogP contribution >= 0.6 is 15.9 Å². The van der Waals surface area contributed by atoms with E-state index in [1.165, 1.54) is 0 Å². The van der Waals surface area contributed by atoms with Gasteiger partial charge in [0.1, 0.15) is 0 Å². The summed E-state index contributed by atoms with van der Waals surface area (Å²) in [6.07, 6.45) is 0. The molecule has 0 atom stereocenters. The molecular formula is C13H16BrNO2. The van der Waals surface area contributed by atoms with Crippen LogP contribution in [0.4, 0.5) is 0 Å². The van der Waals surface area contributed by atoms with Crippen LogP contribution in [0.25, 0.3) is 10.9 Å². The number of nitrogens with one attached hydrogen (secondary N) is 1. The number of halogens is 1. The summed E-state index contributed by atoms with van der Waals surface area (Å²) in [6.45, 7) is 3.93. The number of aromatic amines is 1. The number of aliphatic hydroxyl groups excluding tert-OH is 2. The summed E-state index contributed by atoms with van der Waals surface area (Å²) in [4.78, 5) is 3.20. The second-order valence-corrected chi connectivity index (χ2v) is 5.78. The van der Waals surface area contributed by atoms with E-state index in [-0.39, 0.29) is 18.6 Å². The van der Waals surface area contributed by atoms with E-state index in [0.29, 0.717) is 0 Å². The number of benzene rings is 1. The fraction of sp³-hybridized carbons (Fsp3) is 0.385. The van der Waals surface area contributed by atoms with Crippen LogP contribution in [0.1, 0.15) is 25.1 Å². The average molecular weight is 298 g/mol. The topological polar surface area (TPSA) is 56.2 Å². The highest BCUT2D eigenvalue weighted by Gasteiger charge is 2.26. The minimum absolute atomic E-state index is 0.0411. The Balaban J connectivity index is 2.77. The van der Waals surface area contributed by atoms with Crippen LogP contribution in [-0.4, -0.2) is 21.8 Å². The number of hydrogen-bond donors (Lipinski definition) is 3. The van der Waals surface area contributed by atoms with E-state index >= 15 is 0 Å². The molecule has 0 aliphatic carbocycles. The smallest absolute Gasteiger partial charge is 0.0834 e. The quantitative estimate of drug-likeness (QED) is 0.816. The molecule has 0 fully saturated rings. The van der Waals surface area contributed by atoms with Gasteiger partial charge in [0.25, 0.3) is 0 Å². The molecule has 0 bridgehead atoms. The number of aromatic nitrogens is 1. The van der Waals surface area contributed by atoms with Crippen LogP contribution in [0.15, 0.2) is 22.7 Å². The zero-order valence-corrected chi connectivity index (χ0v) is 11.5. The lowest BCUT2D eigenvalue weighted by Gasteiger charge is -2.23. The molecule has 3 nitrogen and oxygen atoms in total. The van der Waals surface area contributed by atoms with Gasteiger partial charge in [0, 0.05) is 26.5 Å². The Bertz CT molecular complexity index is 546. The van der Waals surface area contributed by atoms with Crippen molar-refractivity contribution in [1.29, 1.82) is 0 Å². The maximum Gasteiger partial charge on any atom is 0.0834 e. The van der Waals surface area contributed by atoms with Crippen LogP contribution in [0.2, 0.25) is 0 Å². The summed E-state index contributed by atoms with van der Waals surface area (Å²) in [7, 11) is 0. The molecule has 1 aromatic carbocycles. The Hall–Kier alpha value is -0.840. The number of rotatable bonds is 3. The maximum absolute atomic E-state index is 9.51. The SMILES string of the molecule is CC(C)(CO)c1c(CO)[nH]c2ccc(Br)cc12. The Morgan fingerprint density at radius 3 is 2.59 bits per heavy atom. The van der Waals surface area contributed by atoms with E-state index in [1.807, 2.05) is 32.0 Å². The molecule has 2 aromatic rings. The molecule has 0 radical (unpaired) electrons. The summed E-state index contributed by atoms with van der Waals surface area (Å²) in [5.74, 6) is 0. The van der Waals surface area contributed by atoms with Crippen molar-refractivity contribution >= 4 is 26.8 Å². The fourth-order valence-electron chi connectivity index (χ4n) is 2.19. The lowest BCUT2D eigenvalue weighted by Crippen LogP contribution is -2.23. The van der Waals surface area contributed by atoms with Gasteiger partial charge < -0.3 is 15.2 Å². The van der Waals surface area contributed by atoms with Crippen LogP contribution in [0.3, 0.4) is 0 Å². The van der Waals surface area contributed by atoms with E-state index < -0.39 is 0 Å². The van der Waals surface area contributed by atoms with Crippen LogP contribution in [0.5, 0.6) is 0 Å². The predicted molar refractivity (Wildman–Crippen MR) is 72.0 cm³/mol. The first-order chi connectivity index (χ1) is 7.99. The number of hydrogen-bond acceptors (Lipinski definition) is 2. The van der Waals surface area contributed by atoms with Crippen molar-refractivity contribution in [3.8, 4) is 0 Å². The van der Waals surface area contributed by atoms with Gasteiger partial charge in [0.2, 0.25) is 0 Å². The molecule has 2 rings (SSSR count). The second-order valence-electron chi connectivity index (χ2n) is 4.87. The van der Waals surface area contributed by atoms with Gasteiger partial charge in [0.15, 0.2) is 0 Å². The Kier molecular flexibility index (Phi) is 3.30. The summed E-state index contributed by atoms with van der Waals surface area (Å²) in [5, 5.41) is 20.0. The molecule has 92 valence electrons. The Morgan fingerprint density at radius 1 is 1.29 bits per heavy atom. The summed E-state index contributed by atoms with van der Waals surface area (Å²) >= 11 is 3.45. The predicted octanol–water partition coefficient (Wildman–Crippen LogP) is 2.69. The summed E-state index contributed by atoms with van der Waals surface area (Å²) in [5.41, 5.74) is 2.36. The third-order valence-electron chi connectivity index (χ3n) is 3.07. The lowest BCUT2D eigenvalue weighted by atomic mass is 9.83. The zero-order valence-electron chi connectivity index (χ0n) is 9.92. The highest BCUT2D eigenvalue weighted by atomic mass is 79.9. The van der Waals surface area contributed by atoms with Gasteiger partial charge >= 0.3 is 0 Å². The monoisotopic (exact) mass is 297 g/mol. The minimum Gasteiger partial charge on any atom is -0.395 e. The molecular weight excluding hydrogens is 282 g/mol. The van der Waals surface area contributed by atoms with Crippen LogP contribution < -0.4 is 0 Å². The standard InChI is InChI=1S/C13H16BrNO2/c1-13(2,7-17)12-9-5-8(14)3-4-10(9)15-11(12)6-16/h3-5,15-17H,6-7H2,1-2H3. The first-order valence-corrected chi connectivity index (χ1v) is 6.31. The molecule has 3 N–H and O–H groups in total. The zero-order chi connectivity index (χ0) is 12.6. The van der Waals surface area contributed by atoms with Gasteiger partial charge in [-0.1, -0.05) is 29.8 Å². The van der Waals surface area contributed by atoms with Crippen LogP contribution in [-0.2, 0) is 12.0 Å². The van der Waals surface area contributed by atoms with Crippen molar-refractivity contribution in [2.45, 2.75) is 25.9 Å². The summed E-state index contributed by atoms with van der Waals surface area (Å²) < 4.78 is 0.989. The van der Waals surface area contributed by atoms with E-state index in [1.54, 1.807) is 0 Å². The van der Waals surface area contributed by atoms with Crippen molar-refractivity contribution in [3.05, 3.63) is 33.9 Å². The normalized spacial score (nSPS) is 12.3. The number of aliphatic hydroxyl groups is 2. The van der Waals surface area contributed by atoms with Crippen molar-refractivity contribution in [2.24, 2.45) is 0 Å². The molecule has 0 aliphatic heterocycles. The third kappa shape index (κ3) is 2.12. The van der Waals surface area contributed by atoms with Gasteiger partial charge in [-0.3, -0.25) is 0 Å². The van der Waals surface area contributed by atoms with E-state index in [0.717, 1.165) is 26.6 Å². The molecule has 1 heterocycles. The highest BCUT2D eigenvalue weighted by molar-refractivity contribution is 9.10. The minimum atomic E-state index is -0.378. The van der Waals surface area contributed by atoms with E-state index in [2.05, 4.69) is 20.9 Å². The van der Waals surface area contributed by atoms with Gasteiger partial charge in [-0.25, -0.2) is 0 Å². The Morgan fingerprint density at radius 2 is 2.00 bits per heavy atom. The molecule has 0 spiro atoms. The second kappa shape index (κ2) is 4.44. The molecule has 17 heavy (non-hydrogen) atoms. The fourth-order valence-corrected chi connectivity index (χ4v) is 2.55. The van der Waals surface area contributed by atoms with Crippen molar-refractivity contribution in [3.63, 3.8) is 0 Å². The van der Waals surface area contributed by atoms with Gasteiger partial charge in [-0.2, -0.15) is 0 Å². The van der Waals surface area contributed by atoms with Gasteiger partial charge in [-0.15, -0.1) is 0 Å². The molecule has 0 unspecified atom stereocenters. The summed E-state index contributed by atoms with van der Waals surface area (Å²) in [6, 6.07) is 5.93. The van der Waals surface area contributed by atoms with Gasteiger partial charge in [0.05, 0.1) is 13.2 Å². The number of H-pyrrole nitrogens is 1. The lowest BCUT2D eigenvalue weighted by molar-refractivity contribution is 0.214. The first-order valence-electron chi connectivity index (χ1n) is 5.52. The third-order valence-corrected chi connectivity index (χ3v) is 3.56.